The van der Waals surface area contributed by atoms with Gasteiger partial charge in [0, 0.05) is 12.6 Å². The average molecular weight is 318 g/mol. The highest BCUT2D eigenvalue weighted by Crippen LogP contribution is 2.32. The van der Waals surface area contributed by atoms with Gasteiger partial charge in [-0.2, -0.15) is 0 Å². The molecule has 6 heteroatoms. The number of amides is 2. The second-order valence-electron chi connectivity index (χ2n) is 6.20. The fourth-order valence-electron chi connectivity index (χ4n) is 3.21. The van der Waals surface area contributed by atoms with Crippen molar-refractivity contribution < 1.29 is 19.4 Å². The highest BCUT2D eigenvalue weighted by molar-refractivity contribution is 5.90. The fourth-order valence-corrected chi connectivity index (χ4v) is 3.21. The number of hydrogen-bond acceptors (Lipinski definition) is 4. The van der Waals surface area contributed by atoms with E-state index in [-0.39, 0.29) is 12.0 Å². The van der Waals surface area contributed by atoms with Gasteiger partial charge in [0.2, 0.25) is 5.91 Å². The number of benzene rings is 1. The van der Waals surface area contributed by atoms with E-state index >= 15 is 0 Å². The molecule has 2 N–H and O–H groups in total. The summed E-state index contributed by atoms with van der Waals surface area (Å²) in [7, 11) is 0. The van der Waals surface area contributed by atoms with Crippen molar-refractivity contribution in [2.75, 3.05) is 18.0 Å². The minimum absolute atomic E-state index is 0.140. The SMILES string of the molecule is CC(=O)NC[C@H]1CN(c2ccc3c(c2)CCCC[C@H]3O)C(=O)O1. The Balaban J connectivity index is 1.75. The van der Waals surface area contributed by atoms with Crippen LogP contribution in [0.15, 0.2) is 18.2 Å². The number of cyclic esters (lactones) is 1. The molecular weight excluding hydrogens is 296 g/mol. The Hall–Kier alpha value is -2.08. The van der Waals surface area contributed by atoms with E-state index in [4.69, 9.17) is 4.74 Å². The van der Waals surface area contributed by atoms with E-state index in [1.165, 1.54) is 6.92 Å². The highest BCUT2D eigenvalue weighted by Gasteiger charge is 2.32. The van der Waals surface area contributed by atoms with Crippen molar-refractivity contribution in [2.45, 2.75) is 44.8 Å². The van der Waals surface area contributed by atoms with Gasteiger partial charge in [0.15, 0.2) is 0 Å². The number of aliphatic hydroxyl groups excluding tert-OH is 1. The van der Waals surface area contributed by atoms with Gasteiger partial charge in [-0.15, -0.1) is 0 Å². The summed E-state index contributed by atoms with van der Waals surface area (Å²) in [5.41, 5.74) is 2.85. The number of fused-ring (bicyclic) bond motifs is 1. The largest absolute Gasteiger partial charge is 0.442 e. The van der Waals surface area contributed by atoms with E-state index in [0.717, 1.165) is 42.5 Å². The molecule has 2 atom stereocenters. The molecule has 0 spiro atoms. The van der Waals surface area contributed by atoms with E-state index in [1.807, 2.05) is 18.2 Å². The van der Waals surface area contributed by atoms with Crippen molar-refractivity contribution in [3.8, 4) is 0 Å². The third-order valence-corrected chi connectivity index (χ3v) is 4.42. The summed E-state index contributed by atoms with van der Waals surface area (Å²) in [5.74, 6) is -0.140. The normalized spacial score (nSPS) is 23.9. The van der Waals surface area contributed by atoms with Crippen LogP contribution in [0.5, 0.6) is 0 Å². The van der Waals surface area contributed by atoms with Gasteiger partial charge in [0.1, 0.15) is 6.10 Å². The molecule has 0 radical (unpaired) electrons. The minimum Gasteiger partial charge on any atom is -0.442 e. The second kappa shape index (κ2) is 6.58. The van der Waals surface area contributed by atoms with Crippen molar-refractivity contribution >= 4 is 17.7 Å². The van der Waals surface area contributed by atoms with E-state index < -0.39 is 12.2 Å². The molecule has 2 amide bonds. The molecule has 1 aromatic carbocycles. The number of rotatable bonds is 3. The van der Waals surface area contributed by atoms with E-state index in [0.29, 0.717) is 13.1 Å². The van der Waals surface area contributed by atoms with Gasteiger partial charge in [0.25, 0.3) is 0 Å². The van der Waals surface area contributed by atoms with Crippen LogP contribution in [0.4, 0.5) is 10.5 Å². The van der Waals surface area contributed by atoms with Crippen LogP contribution in [0.2, 0.25) is 0 Å². The quantitative estimate of drug-likeness (QED) is 0.835. The molecule has 3 rings (SSSR count). The third kappa shape index (κ3) is 3.47. The van der Waals surface area contributed by atoms with Crippen LogP contribution in [-0.4, -0.2) is 36.3 Å². The number of aryl methyl sites for hydroxylation is 1. The Kier molecular flexibility index (Phi) is 4.52. The first kappa shape index (κ1) is 15.8. The maximum absolute atomic E-state index is 12.1. The summed E-state index contributed by atoms with van der Waals surface area (Å²) < 4.78 is 5.29. The predicted molar refractivity (Wildman–Crippen MR) is 85.3 cm³/mol. The van der Waals surface area contributed by atoms with Gasteiger partial charge in [0.05, 0.1) is 19.2 Å². The molecule has 124 valence electrons. The van der Waals surface area contributed by atoms with Crippen LogP contribution < -0.4 is 10.2 Å². The standard InChI is InChI=1S/C17H22N2O4/c1-11(20)18-9-14-10-19(17(22)23-14)13-6-7-15-12(8-13)4-2-3-5-16(15)21/h6-8,14,16,21H,2-5,9-10H2,1H3,(H,18,20)/t14-,16+/m0/s1. The van der Waals surface area contributed by atoms with Crippen LogP contribution >= 0.6 is 0 Å². The lowest BCUT2D eigenvalue weighted by atomic mass is 10.00. The van der Waals surface area contributed by atoms with Crippen molar-refractivity contribution in [3.05, 3.63) is 29.3 Å². The summed E-state index contributed by atoms with van der Waals surface area (Å²) in [6.07, 6.45) is 2.61. The zero-order chi connectivity index (χ0) is 16.4. The number of nitrogens with zero attached hydrogens (tertiary/aromatic N) is 1. The molecule has 1 aromatic rings. The monoisotopic (exact) mass is 318 g/mol. The molecule has 1 aliphatic carbocycles. The lowest BCUT2D eigenvalue weighted by Crippen LogP contribution is -2.33. The van der Waals surface area contributed by atoms with E-state index in [2.05, 4.69) is 5.32 Å². The average Bonchev–Trinajstić information content (AvgIpc) is 2.79. The molecule has 0 bridgehead atoms. The summed E-state index contributed by atoms with van der Waals surface area (Å²) >= 11 is 0. The zero-order valence-corrected chi connectivity index (χ0v) is 13.2. The van der Waals surface area contributed by atoms with Gasteiger partial charge in [-0.1, -0.05) is 12.5 Å². The third-order valence-electron chi connectivity index (χ3n) is 4.42. The Morgan fingerprint density at radius 1 is 1.43 bits per heavy atom. The summed E-state index contributed by atoms with van der Waals surface area (Å²) in [6.45, 7) is 2.17. The fraction of sp³-hybridized carbons (Fsp3) is 0.529. The van der Waals surface area contributed by atoms with Crippen molar-refractivity contribution in [2.24, 2.45) is 0 Å². The maximum atomic E-state index is 12.1. The molecule has 1 fully saturated rings. The van der Waals surface area contributed by atoms with Crippen molar-refractivity contribution in [1.82, 2.24) is 5.32 Å². The molecule has 6 nitrogen and oxygen atoms in total. The Bertz CT molecular complexity index is 617. The molecular formula is C17H22N2O4. The highest BCUT2D eigenvalue weighted by atomic mass is 16.6. The molecule has 1 heterocycles. The predicted octanol–water partition coefficient (Wildman–Crippen LogP) is 1.91. The summed E-state index contributed by atoms with van der Waals surface area (Å²) in [6, 6.07) is 5.75. The first-order valence-electron chi connectivity index (χ1n) is 8.08. The second-order valence-corrected chi connectivity index (χ2v) is 6.20. The zero-order valence-electron chi connectivity index (χ0n) is 13.2. The van der Waals surface area contributed by atoms with Crippen LogP contribution in [-0.2, 0) is 16.0 Å². The molecule has 1 saturated heterocycles. The molecule has 0 aromatic heterocycles. The van der Waals surface area contributed by atoms with E-state index in [1.54, 1.807) is 4.90 Å². The minimum atomic E-state index is -0.417. The van der Waals surface area contributed by atoms with Gasteiger partial charge in [-0.05, 0) is 42.5 Å². The van der Waals surface area contributed by atoms with Crippen molar-refractivity contribution in [1.29, 1.82) is 0 Å². The molecule has 23 heavy (non-hydrogen) atoms. The molecule has 2 aliphatic rings. The van der Waals surface area contributed by atoms with Gasteiger partial charge < -0.3 is 15.2 Å². The number of carbonyl (C=O) groups excluding carboxylic acids is 2. The molecule has 0 unspecified atom stereocenters. The topological polar surface area (TPSA) is 78.9 Å². The Morgan fingerprint density at radius 2 is 2.26 bits per heavy atom. The van der Waals surface area contributed by atoms with Crippen LogP contribution in [0.1, 0.15) is 43.4 Å². The lowest BCUT2D eigenvalue weighted by molar-refractivity contribution is -0.119. The summed E-state index contributed by atoms with van der Waals surface area (Å²) in [5, 5.41) is 12.8. The number of aliphatic hydroxyl groups is 1. The summed E-state index contributed by atoms with van der Waals surface area (Å²) in [4.78, 5) is 24.6. The number of carbonyl (C=O) groups is 2. The number of ether oxygens (including phenoxy) is 1. The maximum Gasteiger partial charge on any atom is 0.414 e. The molecule has 0 saturated carbocycles. The Labute approximate surface area is 135 Å². The van der Waals surface area contributed by atoms with Crippen LogP contribution in [0.25, 0.3) is 0 Å². The van der Waals surface area contributed by atoms with Gasteiger partial charge >= 0.3 is 6.09 Å². The smallest absolute Gasteiger partial charge is 0.414 e. The first-order valence-corrected chi connectivity index (χ1v) is 8.08. The van der Waals surface area contributed by atoms with E-state index in [9.17, 15) is 14.7 Å². The number of nitrogens with one attached hydrogen (secondary N) is 1. The Morgan fingerprint density at radius 3 is 3.04 bits per heavy atom. The molecule has 1 aliphatic heterocycles. The van der Waals surface area contributed by atoms with Crippen LogP contribution in [0.3, 0.4) is 0 Å². The lowest BCUT2D eigenvalue weighted by Gasteiger charge is -2.17. The first-order chi connectivity index (χ1) is 11.0. The van der Waals surface area contributed by atoms with Crippen molar-refractivity contribution in [3.63, 3.8) is 0 Å². The number of anilines is 1. The number of hydrogen-bond donors (Lipinski definition) is 2. The van der Waals surface area contributed by atoms with Gasteiger partial charge in [-0.3, -0.25) is 9.69 Å². The van der Waals surface area contributed by atoms with Gasteiger partial charge in [-0.25, -0.2) is 4.79 Å². The van der Waals surface area contributed by atoms with Crippen LogP contribution in [0, 0.1) is 0 Å².